The Balaban J connectivity index is 1.56. The van der Waals surface area contributed by atoms with Gasteiger partial charge in [-0.25, -0.2) is 12.8 Å². The first kappa shape index (κ1) is 28.0. The van der Waals surface area contributed by atoms with Gasteiger partial charge in [-0.3, -0.25) is 9.10 Å². The standard InChI is InChI=1S/C28H24ClFN2O3S3/c1-36-24-13-15-25(16-14-24)38(34,35)32(23-6-4-5-22(30)17-23)18-28(33)31-26-7-2-3-8-27(26)37-19-20-9-11-21(29)12-10-20/h2-17H,18-19H2,1H3,(H,31,33). The summed E-state index contributed by atoms with van der Waals surface area (Å²) in [4.78, 5) is 14.9. The summed E-state index contributed by atoms with van der Waals surface area (Å²) in [5.74, 6) is -0.511. The van der Waals surface area contributed by atoms with Crippen molar-refractivity contribution >= 4 is 62.4 Å². The molecule has 0 radical (unpaired) electrons. The van der Waals surface area contributed by atoms with Crippen LogP contribution in [-0.4, -0.2) is 27.1 Å². The van der Waals surface area contributed by atoms with Gasteiger partial charge in [-0.2, -0.15) is 0 Å². The Morgan fingerprint density at radius 3 is 2.34 bits per heavy atom. The first-order valence-corrected chi connectivity index (χ1v) is 15.5. The van der Waals surface area contributed by atoms with Gasteiger partial charge in [0.15, 0.2) is 0 Å². The van der Waals surface area contributed by atoms with Gasteiger partial charge in [0.05, 0.1) is 16.3 Å². The predicted octanol–water partition coefficient (Wildman–Crippen LogP) is 7.33. The largest absolute Gasteiger partial charge is 0.323 e. The molecule has 196 valence electrons. The number of anilines is 2. The van der Waals surface area contributed by atoms with Crippen LogP contribution in [0.4, 0.5) is 15.8 Å². The number of benzene rings is 4. The van der Waals surface area contributed by atoms with E-state index >= 15 is 0 Å². The number of carbonyl (C=O) groups is 1. The van der Waals surface area contributed by atoms with Gasteiger partial charge in [-0.1, -0.05) is 41.9 Å². The number of hydrogen-bond acceptors (Lipinski definition) is 5. The number of sulfonamides is 1. The number of thioether (sulfide) groups is 2. The summed E-state index contributed by atoms with van der Waals surface area (Å²) in [6.07, 6.45) is 1.89. The number of nitrogens with one attached hydrogen (secondary N) is 1. The van der Waals surface area contributed by atoms with E-state index in [0.717, 1.165) is 25.7 Å². The van der Waals surface area contributed by atoms with E-state index in [9.17, 15) is 17.6 Å². The van der Waals surface area contributed by atoms with Crippen molar-refractivity contribution in [2.75, 3.05) is 22.4 Å². The lowest BCUT2D eigenvalue weighted by Gasteiger charge is -2.24. The molecule has 1 amide bonds. The minimum atomic E-state index is -4.16. The summed E-state index contributed by atoms with van der Waals surface area (Å²) in [6, 6.07) is 26.3. The van der Waals surface area contributed by atoms with E-state index in [1.165, 1.54) is 53.9 Å². The van der Waals surface area contributed by atoms with Crippen LogP contribution in [0.3, 0.4) is 0 Å². The molecule has 4 aromatic carbocycles. The summed E-state index contributed by atoms with van der Waals surface area (Å²) in [6.45, 7) is -0.535. The molecular formula is C28H24ClFN2O3S3. The molecule has 5 nitrogen and oxygen atoms in total. The van der Waals surface area contributed by atoms with Crippen LogP contribution in [-0.2, 0) is 20.6 Å². The fourth-order valence-electron chi connectivity index (χ4n) is 3.58. The fraction of sp³-hybridized carbons (Fsp3) is 0.107. The highest BCUT2D eigenvalue weighted by Crippen LogP contribution is 2.31. The van der Waals surface area contributed by atoms with Crippen LogP contribution < -0.4 is 9.62 Å². The molecule has 0 bridgehead atoms. The van der Waals surface area contributed by atoms with E-state index in [1.807, 2.05) is 42.7 Å². The Morgan fingerprint density at radius 1 is 0.947 bits per heavy atom. The van der Waals surface area contributed by atoms with Crippen LogP contribution in [0.1, 0.15) is 5.56 Å². The molecule has 0 spiro atoms. The average Bonchev–Trinajstić information content (AvgIpc) is 2.92. The maximum Gasteiger partial charge on any atom is 0.264 e. The van der Waals surface area contributed by atoms with Crippen molar-refractivity contribution in [2.24, 2.45) is 0 Å². The molecule has 0 atom stereocenters. The molecule has 0 aliphatic carbocycles. The van der Waals surface area contributed by atoms with E-state index in [-0.39, 0.29) is 10.6 Å². The third kappa shape index (κ3) is 7.11. The lowest BCUT2D eigenvalue weighted by Crippen LogP contribution is -2.38. The molecule has 0 aromatic heterocycles. The maximum absolute atomic E-state index is 14.1. The Bertz CT molecular complexity index is 1520. The molecule has 10 heteroatoms. The van der Waals surface area contributed by atoms with Crippen LogP contribution in [0.5, 0.6) is 0 Å². The summed E-state index contributed by atoms with van der Waals surface area (Å²) < 4.78 is 42.2. The zero-order valence-corrected chi connectivity index (χ0v) is 23.5. The molecule has 0 aliphatic rings. The number of amides is 1. The number of hydrogen-bond donors (Lipinski definition) is 1. The first-order valence-electron chi connectivity index (χ1n) is 11.4. The monoisotopic (exact) mass is 586 g/mol. The Labute approximate surface area is 235 Å². The zero-order chi connectivity index (χ0) is 27.1. The van der Waals surface area contributed by atoms with E-state index in [1.54, 1.807) is 24.3 Å². The third-order valence-corrected chi connectivity index (χ3v) is 9.43. The highest BCUT2D eigenvalue weighted by molar-refractivity contribution is 7.99. The SMILES string of the molecule is CSc1ccc(S(=O)(=O)N(CC(=O)Nc2ccccc2SCc2ccc(Cl)cc2)c2cccc(F)c2)cc1. The zero-order valence-electron chi connectivity index (χ0n) is 20.3. The molecule has 0 aliphatic heterocycles. The molecule has 0 saturated heterocycles. The number of nitrogens with zero attached hydrogens (tertiary/aromatic N) is 1. The minimum Gasteiger partial charge on any atom is -0.323 e. The average molecular weight is 587 g/mol. The molecule has 0 saturated carbocycles. The first-order chi connectivity index (χ1) is 18.3. The number of halogens is 2. The van der Waals surface area contributed by atoms with Crippen LogP contribution in [0.15, 0.2) is 112 Å². The number of para-hydroxylation sites is 1. The van der Waals surface area contributed by atoms with E-state index in [4.69, 9.17) is 11.6 Å². The third-order valence-electron chi connectivity index (χ3n) is 5.50. The second kappa shape index (κ2) is 12.7. The molecule has 0 heterocycles. The molecule has 1 N–H and O–H groups in total. The quantitative estimate of drug-likeness (QED) is 0.197. The second-order valence-electron chi connectivity index (χ2n) is 8.13. The van der Waals surface area contributed by atoms with Gasteiger partial charge < -0.3 is 5.32 Å². The van der Waals surface area contributed by atoms with Crippen molar-refractivity contribution in [1.29, 1.82) is 0 Å². The Kier molecular flexibility index (Phi) is 9.38. The minimum absolute atomic E-state index is 0.00582. The highest BCUT2D eigenvalue weighted by atomic mass is 35.5. The molecular weight excluding hydrogens is 563 g/mol. The smallest absolute Gasteiger partial charge is 0.264 e. The van der Waals surface area contributed by atoms with Gasteiger partial charge in [-0.15, -0.1) is 23.5 Å². The van der Waals surface area contributed by atoms with Crippen molar-refractivity contribution in [1.82, 2.24) is 0 Å². The fourth-order valence-corrected chi connectivity index (χ4v) is 6.49. The van der Waals surface area contributed by atoms with Gasteiger partial charge >= 0.3 is 0 Å². The maximum atomic E-state index is 14.1. The van der Waals surface area contributed by atoms with E-state index in [0.29, 0.717) is 16.5 Å². The van der Waals surface area contributed by atoms with Crippen molar-refractivity contribution < 1.29 is 17.6 Å². The Morgan fingerprint density at radius 2 is 1.66 bits per heavy atom. The van der Waals surface area contributed by atoms with E-state index < -0.39 is 28.3 Å². The van der Waals surface area contributed by atoms with Gasteiger partial charge in [-0.05, 0) is 78.5 Å². The van der Waals surface area contributed by atoms with Crippen LogP contribution in [0.25, 0.3) is 0 Å². The molecule has 4 rings (SSSR count). The lowest BCUT2D eigenvalue weighted by molar-refractivity contribution is -0.114. The summed E-state index contributed by atoms with van der Waals surface area (Å²) in [5.41, 5.74) is 1.67. The Hall–Kier alpha value is -2.98. The number of carbonyl (C=O) groups excluding carboxylic acids is 1. The second-order valence-corrected chi connectivity index (χ2v) is 12.3. The number of rotatable bonds is 10. The van der Waals surface area contributed by atoms with Gasteiger partial charge in [0, 0.05) is 20.6 Å². The van der Waals surface area contributed by atoms with Crippen molar-refractivity contribution in [3.63, 3.8) is 0 Å². The van der Waals surface area contributed by atoms with Crippen LogP contribution in [0.2, 0.25) is 5.02 Å². The van der Waals surface area contributed by atoms with Crippen molar-refractivity contribution in [2.45, 2.75) is 20.4 Å². The molecule has 4 aromatic rings. The normalized spacial score (nSPS) is 11.2. The van der Waals surface area contributed by atoms with Crippen molar-refractivity contribution in [3.05, 3.63) is 113 Å². The lowest BCUT2D eigenvalue weighted by atomic mass is 10.2. The molecule has 0 unspecified atom stereocenters. The topological polar surface area (TPSA) is 66.5 Å². The van der Waals surface area contributed by atoms with Crippen LogP contribution >= 0.6 is 35.1 Å². The summed E-state index contributed by atoms with van der Waals surface area (Å²) in [5, 5.41) is 3.49. The van der Waals surface area contributed by atoms with Gasteiger partial charge in [0.1, 0.15) is 12.4 Å². The summed E-state index contributed by atoms with van der Waals surface area (Å²) in [7, 11) is -4.16. The predicted molar refractivity (Wildman–Crippen MR) is 155 cm³/mol. The molecule has 0 fully saturated rings. The van der Waals surface area contributed by atoms with Gasteiger partial charge in [0.2, 0.25) is 5.91 Å². The summed E-state index contributed by atoms with van der Waals surface area (Å²) >= 11 is 8.98. The highest BCUT2D eigenvalue weighted by Gasteiger charge is 2.28. The van der Waals surface area contributed by atoms with Gasteiger partial charge in [0.25, 0.3) is 10.0 Å². The van der Waals surface area contributed by atoms with E-state index in [2.05, 4.69) is 5.32 Å². The van der Waals surface area contributed by atoms with Crippen LogP contribution in [0, 0.1) is 5.82 Å². The molecule has 38 heavy (non-hydrogen) atoms. The van der Waals surface area contributed by atoms with Crippen molar-refractivity contribution in [3.8, 4) is 0 Å².